The summed E-state index contributed by atoms with van der Waals surface area (Å²) in [5.74, 6) is 0. The molecule has 0 rings (SSSR count). The first kappa shape index (κ1) is 32.9. The van der Waals surface area contributed by atoms with Crippen LogP contribution in [0.1, 0.15) is 0 Å². The maximum absolute atomic E-state index is 0. The van der Waals surface area contributed by atoms with E-state index in [2.05, 4.69) is 0 Å². The molecule has 0 fully saturated rings. The molecule has 0 amide bonds. The topological polar surface area (TPSA) is 0 Å². The second-order valence-corrected chi connectivity index (χ2v) is 0. The maximum Gasteiger partial charge on any atom is 0 e. The Bertz CT molecular complexity index is 4.85. The van der Waals surface area contributed by atoms with Crippen molar-refractivity contribution < 1.29 is 148 Å². The fraction of sp³-hybridized carbons (Fsp3) is 0. The molecule has 50 valence electrons. The summed E-state index contributed by atoms with van der Waals surface area (Å²) in [6.07, 6.45) is 0. The van der Waals surface area contributed by atoms with Gasteiger partial charge in [-0.1, -0.05) is 0 Å². The maximum atomic E-state index is 0. The molecule has 0 aliphatic heterocycles. The molecule has 0 N–H and O–H groups in total. The van der Waals surface area contributed by atoms with Crippen LogP contribution in [0.4, 0.5) is 0 Å². The Morgan fingerprint density at radius 3 is 0.400 bits per heavy atom. The molecule has 5 heteroatoms. The molecule has 0 heterocycles. The SMILES string of the molecule is [Dy].[Dy].[Dy].[Ni].[Ni]. The first-order valence-corrected chi connectivity index (χ1v) is 0. The number of hydrogen-bond donors (Lipinski definition) is 0. The first-order chi connectivity index (χ1) is 0. The molecular formula is Dy3Ni2. The van der Waals surface area contributed by atoms with Crippen LogP contribution in [0, 0.1) is 115 Å². The van der Waals surface area contributed by atoms with Gasteiger partial charge in [-0.15, -0.1) is 0 Å². The molecule has 0 bridgehead atoms. The standard InChI is InChI=1S/3Dy.2Ni. The van der Waals surface area contributed by atoms with Crippen molar-refractivity contribution in [3.05, 3.63) is 0 Å². The fourth-order valence-corrected chi connectivity index (χ4v) is 0. The van der Waals surface area contributed by atoms with Crippen LogP contribution in [0.2, 0.25) is 0 Å². The monoisotopic (exact) mass is 608 g/mol. The van der Waals surface area contributed by atoms with Gasteiger partial charge in [0.25, 0.3) is 0 Å². The molecule has 0 spiro atoms. The summed E-state index contributed by atoms with van der Waals surface area (Å²) in [5.41, 5.74) is 0. The Morgan fingerprint density at radius 1 is 0.400 bits per heavy atom. The van der Waals surface area contributed by atoms with Crippen molar-refractivity contribution in [2.75, 3.05) is 0 Å². The van der Waals surface area contributed by atoms with Gasteiger partial charge in [-0.3, -0.25) is 0 Å². The zero-order valence-corrected chi connectivity index (χ0v) is 9.64. The van der Waals surface area contributed by atoms with Gasteiger partial charge in [0, 0.05) is 148 Å². The predicted octanol–water partition coefficient (Wildman–Crippen LogP) is -0.00500. The largest absolute Gasteiger partial charge is 0 e. The van der Waals surface area contributed by atoms with Crippen molar-refractivity contribution in [1.82, 2.24) is 0 Å². The molecule has 0 aromatic heterocycles. The molecule has 0 aliphatic carbocycles. The van der Waals surface area contributed by atoms with Gasteiger partial charge < -0.3 is 0 Å². The summed E-state index contributed by atoms with van der Waals surface area (Å²) in [4.78, 5) is 0. The summed E-state index contributed by atoms with van der Waals surface area (Å²) >= 11 is 0. The summed E-state index contributed by atoms with van der Waals surface area (Å²) in [6.45, 7) is 0. The molecule has 0 aliphatic rings. The molecular weight excluding hydrogens is 605 g/mol. The van der Waals surface area contributed by atoms with E-state index in [0.29, 0.717) is 0 Å². The van der Waals surface area contributed by atoms with E-state index in [4.69, 9.17) is 0 Å². The minimum Gasteiger partial charge on any atom is 0 e. The second kappa shape index (κ2) is 23.2. The molecule has 0 saturated heterocycles. The van der Waals surface area contributed by atoms with Crippen LogP contribution in [0.3, 0.4) is 0 Å². The van der Waals surface area contributed by atoms with E-state index in [-0.39, 0.29) is 148 Å². The van der Waals surface area contributed by atoms with E-state index in [0.717, 1.165) is 0 Å². The fourth-order valence-electron chi connectivity index (χ4n) is 0. The van der Waals surface area contributed by atoms with Crippen LogP contribution in [-0.4, -0.2) is 0 Å². The zero-order chi connectivity index (χ0) is 0. The third kappa shape index (κ3) is 17.7. The smallest absolute Gasteiger partial charge is 0 e. The van der Waals surface area contributed by atoms with Gasteiger partial charge in [-0.25, -0.2) is 0 Å². The predicted molar refractivity (Wildman–Crippen MR) is 0 cm³/mol. The van der Waals surface area contributed by atoms with Gasteiger partial charge in [0.1, 0.15) is 0 Å². The Hall–Kier alpha value is 4.81. The van der Waals surface area contributed by atoms with Gasteiger partial charge in [0.15, 0.2) is 0 Å². The average Bonchev–Trinajstić information content (AvgIpc) is 0. The van der Waals surface area contributed by atoms with Crippen molar-refractivity contribution in [3.63, 3.8) is 0 Å². The number of rotatable bonds is 0. The molecule has 0 saturated carbocycles. The summed E-state index contributed by atoms with van der Waals surface area (Å²) in [6, 6.07) is 0. The van der Waals surface area contributed by atoms with Crippen molar-refractivity contribution in [2.45, 2.75) is 0 Å². The summed E-state index contributed by atoms with van der Waals surface area (Å²) < 4.78 is 0. The molecule has 0 nitrogen and oxygen atoms in total. The molecule has 0 atom stereocenters. The van der Waals surface area contributed by atoms with Crippen molar-refractivity contribution in [2.24, 2.45) is 0 Å². The third-order valence-corrected chi connectivity index (χ3v) is 0. The van der Waals surface area contributed by atoms with Crippen molar-refractivity contribution >= 4 is 0 Å². The molecule has 0 aromatic carbocycles. The van der Waals surface area contributed by atoms with Crippen LogP contribution >= 0.6 is 0 Å². The Labute approximate surface area is 143 Å². The summed E-state index contributed by atoms with van der Waals surface area (Å²) in [5, 5.41) is 0. The van der Waals surface area contributed by atoms with Crippen molar-refractivity contribution in [3.8, 4) is 0 Å². The van der Waals surface area contributed by atoms with Crippen molar-refractivity contribution in [1.29, 1.82) is 0 Å². The third-order valence-electron chi connectivity index (χ3n) is 0. The van der Waals surface area contributed by atoms with Gasteiger partial charge in [-0.05, 0) is 0 Å². The Balaban J connectivity index is 0. The van der Waals surface area contributed by atoms with E-state index < -0.39 is 0 Å². The van der Waals surface area contributed by atoms with Gasteiger partial charge in [0.2, 0.25) is 0 Å². The molecule has 5 heavy (non-hydrogen) atoms. The molecule has 0 unspecified atom stereocenters. The van der Waals surface area contributed by atoms with E-state index in [1.54, 1.807) is 0 Å². The first-order valence-electron chi connectivity index (χ1n) is 0. The summed E-state index contributed by atoms with van der Waals surface area (Å²) in [7, 11) is 0. The van der Waals surface area contributed by atoms with E-state index in [1.165, 1.54) is 0 Å². The quantitative estimate of drug-likeness (QED) is 0.342. The Morgan fingerprint density at radius 2 is 0.400 bits per heavy atom. The van der Waals surface area contributed by atoms with E-state index in [9.17, 15) is 0 Å². The van der Waals surface area contributed by atoms with Crippen LogP contribution in [-0.2, 0) is 33.0 Å². The van der Waals surface area contributed by atoms with Crippen LogP contribution in [0.5, 0.6) is 0 Å². The van der Waals surface area contributed by atoms with Gasteiger partial charge in [-0.2, -0.15) is 0 Å². The minimum atomic E-state index is 0. The average molecular weight is 605 g/mol. The van der Waals surface area contributed by atoms with Crippen LogP contribution in [0.25, 0.3) is 0 Å². The van der Waals surface area contributed by atoms with E-state index >= 15 is 0 Å². The van der Waals surface area contributed by atoms with Gasteiger partial charge >= 0.3 is 0 Å². The Kier molecular flexibility index (Phi) is 153. The minimum absolute atomic E-state index is 0. The second-order valence-electron chi connectivity index (χ2n) is 0. The normalized spacial score (nSPS) is 0. The van der Waals surface area contributed by atoms with Crippen LogP contribution in [0.15, 0.2) is 0 Å². The van der Waals surface area contributed by atoms with Crippen LogP contribution < -0.4 is 0 Å². The van der Waals surface area contributed by atoms with E-state index in [1.807, 2.05) is 0 Å². The zero-order valence-electron chi connectivity index (χ0n) is 1.58. The molecule has 0 radical (unpaired) electrons. The molecule has 0 aromatic rings. The number of hydrogen-bond acceptors (Lipinski definition) is 0. The van der Waals surface area contributed by atoms with Gasteiger partial charge in [0.05, 0.1) is 0 Å².